The molecule has 0 atom stereocenters. The minimum Gasteiger partial charge on any atom is -0.381 e. The van der Waals surface area contributed by atoms with Crippen LogP contribution < -0.4 is 5.56 Å². The third-order valence-corrected chi connectivity index (χ3v) is 6.33. The van der Waals surface area contributed by atoms with Gasteiger partial charge >= 0.3 is 0 Å². The number of rotatable bonds is 4. The van der Waals surface area contributed by atoms with Gasteiger partial charge in [0.15, 0.2) is 0 Å². The van der Waals surface area contributed by atoms with Crippen molar-refractivity contribution in [1.29, 1.82) is 0 Å². The first-order valence-corrected chi connectivity index (χ1v) is 10.6. The summed E-state index contributed by atoms with van der Waals surface area (Å²) < 4.78 is 19.8. The Bertz CT molecular complexity index is 1210. The van der Waals surface area contributed by atoms with Crippen LogP contribution in [-0.2, 0) is 11.2 Å². The lowest BCUT2D eigenvalue weighted by atomic mass is 10.0. The van der Waals surface area contributed by atoms with Gasteiger partial charge in [-0.2, -0.15) is 5.10 Å². The third kappa shape index (κ3) is 4.44. The second-order valence-electron chi connectivity index (χ2n) is 7.53. The highest BCUT2D eigenvalue weighted by Crippen LogP contribution is 2.28. The molecule has 6 nitrogen and oxygen atoms in total. The van der Waals surface area contributed by atoms with Crippen molar-refractivity contribution in [1.82, 2.24) is 15.1 Å². The van der Waals surface area contributed by atoms with Crippen molar-refractivity contribution in [2.24, 2.45) is 0 Å². The maximum Gasteiger partial charge on any atom is 0.272 e. The van der Waals surface area contributed by atoms with E-state index in [1.165, 1.54) is 18.2 Å². The smallest absolute Gasteiger partial charge is 0.272 e. The predicted molar refractivity (Wildman–Crippen MR) is 118 cm³/mol. The molecule has 1 aliphatic rings. The number of H-pyrrole nitrogens is 1. The van der Waals surface area contributed by atoms with Crippen molar-refractivity contribution in [3.05, 3.63) is 73.4 Å². The van der Waals surface area contributed by atoms with Crippen LogP contribution >= 0.6 is 23.2 Å². The minimum atomic E-state index is -0.572. The molecule has 0 bridgehead atoms. The second kappa shape index (κ2) is 8.94. The first-order valence-electron chi connectivity index (χ1n) is 9.84. The largest absolute Gasteiger partial charge is 0.381 e. The molecule has 0 radical (unpaired) electrons. The van der Waals surface area contributed by atoms with Gasteiger partial charge in [-0.25, -0.2) is 9.49 Å². The van der Waals surface area contributed by atoms with Crippen LogP contribution in [0, 0.1) is 5.82 Å². The summed E-state index contributed by atoms with van der Waals surface area (Å²) in [7, 11) is 1.65. The maximum atomic E-state index is 14.5. The monoisotopic (exact) mass is 463 g/mol. The zero-order chi connectivity index (χ0) is 22.1. The Morgan fingerprint density at radius 1 is 1.19 bits per heavy atom. The Morgan fingerprint density at radius 2 is 1.87 bits per heavy atom. The molecule has 1 fully saturated rings. The highest BCUT2D eigenvalue weighted by Gasteiger charge is 2.25. The van der Waals surface area contributed by atoms with Crippen molar-refractivity contribution in [2.45, 2.75) is 25.4 Å². The molecule has 4 rings (SSSR count). The average molecular weight is 464 g/mol. The van der Waals surface area contributed by atoms with Gasteiger partial charge in [-0.15, -0.1) is 0 Å². The predicted octanol–water partition coefficient (Wildman–Crippen LogP) is 4.21. The summed E-state index contributed by atoms with van der Waals surface area (Å²) in [6.07, 6.45) is 1.85. The molecule has 9 heteroatoms. The molecular weight excluding hydrogens is 444 g/mol. The van der Waals surface area contributed by atoms with Gasteiger partial charge < -0.3 is 9.64 Å². The van der Waals surface area contributed by atoms with Gasteiger partial charge in [0, 0.05) is 32.0 Å². The number of nitrogens with zero attached hydrogens (tertiary/aromatic N) is 2. The van der Waals surface area contributed by atoms with Gasteiger partial charge in [-0.1, -0.05) is 29.3 Å². The lowest BCUT2D eigenvalue weighted by Crippen LogP contribution is -2.41. The topological polar surface area (TPSA) is 75.3 Å². The van der Waals surface area contributed by atoms with Crippen LogP contribution in [0.3, 0.4) is 0 Å². The van der Waals surface area contributed by atoms with Gasteiger partial charge in [0.2, 0.25) is 0 Å². The van der Waals surface area contributed by atoms with E-state index in [0.717, 1.165) is 12.8 Å². The molecule has 0 aliphatic carbocycles. The number of halogens is 3. The van der Waals surface area contributed by atoms with E-state index < -0.39 is 5.82 Å². The van der Waals surface area contributed by atoms with Crippen LogP contribution in [0.1, 0.15) is 34.5 Å². The molecule has 31 heavy (non-hydrogen) atoms. The highest BCUT2D eigenvalue weighted by atomic mass is 35.5. The molecule has 1 saturated heterocycles. The van der Waals surface area contributed by atoms with Crippen molar-refractivity contribution < 1.29 is 13.9 Å². The van der Waals surface area contributed by atoms with Gasteiger partial charge in [0.05, 0.1) is 32.8 Å². The second-order valence-corrected chi connectivity index (χ2v) is 8.34. The Labute approximate surface area is 187 Å². The zero-order valence-electron chi connectivity index (χ0n) is 16.8. The van der Waals surface area contributed by atoms with Crippen LogP contribution in [0.25, 0.3) is 10.8 Å². The third-order valence-electron chi connectivity index (χ3n) is 5.60. The summed E-state index contributed by atoms with van der Waals surface area (Å²) in [5, 5.41) is 8.07. The molecule has 1 aromatic heterocycles. The fraction of sp³-hybridized carbons (Fsp3) is 0.318. The molecule has 1 amide bonds. The van der Waals surface area contributed by atoms with E-state index in [-0.39, 0.29) is 34.6 Å². The number of fused-ring (bicyclic) bond motifs is 1. The normalized spacial score (nSPS) is 14.9. The summed E-state index contributed by atoms with van der Waals surface area (Å²) in [6, 6.07) is 7.50. The van der Waals surface area contributed by atoms with Crippen molar-refractivity contribution in [3.8, 4) is 0 Å². The summed E-state index contributed by atoms with van der Waals surface area (Å²) in [5.74, 6) is -0.917. The number of likely N-dealkylation sites (tertiary alicyclic amines) is 1. The molecule has 0 saturated carbocycles. The average Bonchev–Trinajstić information content (AvgIpc) is 2.78. The molecule has 2 heterocycles. The van der Waals surface area contributed by atoms with Crippen LogP contribution in [0.5, 0.6) is 0 Å². The fourth-order valence-corrected chi connectivity index (χ4v) is 4.18. The quantitative estimate of drug-likeness (QED) is 0.628. The van der Waals surface area contributed by atoms with Crippen LogP contribution in [0.15, 0.2) is 35.1 Å². The number of aromatic amines is 1. The first-order chi connectivity index (χ1) is 14.9. The number of benzene rings is 2. The maximum absolute atomic E-state index is 14.5. The molecule has 3 aromatic rings. The molecule has 1 N–H and O–H groups in total. The standard InChI is InChI=1S/C22H20Cl2FN3O3/c1-31-13-4-6-28(7-5-13)22(30)16-8-12(2-3-19(16)25)9-20-14-10-17(23)18(24)11-15(14)21(29)27-26-20/h2-3,8,10-11,13H,4-7,9H2,1H3,(H,27,29). The number of hydrogen-bond donors (Lipinski definition) is 1. The number of nitrogens with one attached hydrogen (secondary N) is 1. The Hall–Kier alpha value is -2.48. The number of piperidine rings is 1. The SMILES string of the molecule is COC1CCN(C(=O)c2cc(Cc3n[nH]c(=O)c4cc(Cl)c(Cl)cc34)ccc2F)CC1. The molecular formula is C22H20Cl2FN3O3. The van der Waals surface area contributed by atoms with E-state index in [1.54, 1.807) is 24.1 Å². The number of carbonyl (C=O) groups excluding carboxylic acids is 1. The van der Waals surface area contributed by atoms with Gasteiger partial charge in [-0.05, 0) is 42.7 Å². The summed E-state index contributed by atoms with van der Waals surface area (Å²) in [5.41, 5.74) is 0.859. The Balaban J connectivity index is 1.64. The van der Waals surface area contributed by atoms with E-state index in [1.807, 2.05) is 0 Å². The lowest BCUT2D eigenvalue weighted by Gasteiger charge is -2.31. The number of ether oxygens (including phenoxy) is 1. The van der Waals surface area contributed by atoms with Gasteiger partial charge in [-0.3, -0.25) is 9.59 Å². The Kier molecular flexibility index (Phi) is 6.27. The summed E-state index contributed by atoms with van der Waals surface area (Å²) in [4.78, 5) is 26.7. The van der Waals surface area contributed by atoms with Crippen molar-refractivity contribution >= 4 is 39.9 Å². The number of carbonyl (C=O) groups is 1. The zero-order valence-corrected chi connectivity index (χ0v) is 18.3. The highest BCUT2D eigenvalue weighted by molar-refractivity contribution is 6.42. The molecule has 0 unspecified atom stereocenters. The number of methoxy groups -OCH3 is 1. The van der Waals surface area contributed by atoms with E-state index in [9.17, 15) is 14.0 Å². The van der Waals surface area contributed by atoms with Crippen molar-refractivity contribution in [2.75, 3.05) is 20.2 Å². The fourth-order valence-electron chi connectivity index (χ4n) is 3.85. The number of amides is 1. The number of hydrogen-bond acceptors (Lipinski definition) is 4. The molecule has 162 valence electrons. The van der Waals surface area contributed by atoms with Crippen LogP contribution in [0.4, 0.5) is 4.39 Å². The van der Waals surface area contributed by atoms with Crippen LogP contribution in [0.2, 0.25) is 10.0 Å². The van der Waals surface area contributed by atoms with E-state index in [4.69, 9.17) is 27.9 Å². The summed E-state index contributed by atoms with van der Waals surface area (Å²) in [6.45, 7) is 1.04. The van der Waals surface area contributed by atoms with E-state index >= 15 is 0 Å². The van der Waals surface area contributed by atoms with Crippen molar-refractivity contribution in [3.63, 3.8) is 0 Å². The first kappa shape index (κ1) is 21.7. The Morgan fingerprint density at radius 3 is 2.55 bits per heavy atom. The molecule has 2 aromatic carbocycles. The minimum absolute atomic E-state index is 0.0168. The molecule has 0 spiro atoms. The van der Waals surface area contributed by atoms with Crippen LogP contribution in [-0.4, -0.2) is 47.3 Å². The summed E-state index contributed by atoms with van der Waals surface area (Å²) >= 11 is 12.2. The van der Waals surface area contributed by atoms with E-state index in [2.05, 4.69) is 10.2 Å². The lowest BCUT2D eigenvalue weighted by molar-refractivity contribution is 0.0348. The van der Waals surface area contributed by atoms with Gasteiger partial charge in [0.1, 0.15) is 5.82 Å². The number of aromatic nitrogens is 2. The molecule has 1 aliphatic heterocycles. The van der Waals surface area contributed by atoms with E-state index in [0.29, 0.717) is 40.1 Å². The van der Waals surface area contributed by atoms with Gasteiger partial charge in [0.25, 0.3) is 11.5 Å².